The maximum Gasteiger partial charge on any atom is 0.278 e. The van der Waals surface area contributed by atoms with E-state index in [4.69, 9.17) is 4.52 Å². The van der Waals surface area contributed by atoms with Gasteiger partial charge in [0.05, 0.1) is 11.1 Å². The normalized spacial score (nSPS) is 10.6. The molecule has 0 spiro atoms. The highest BCUT2D eigenvalue weighted by molar-refractivity contribution is 7.13. The summed E-state index contributed by atoms with van der Waals surface area (Å²) in [4.78, 5) is 25.7. The first-order chi connectivity index (χ1) is 12.0. The maximum absolute atomic E-state index is 12.5. The highest BCUT2D eigenvalue weighted by Gasteiger charge is 2.18. The highest BCUT2D eigenvalue weighted by Crippen LogP contribution is 2.27. The fourth-order valence-corrected chi connectivity index (χ4v) is 2.79. The van der Waals surface area contributed by atoms with E-state index in [1.807, 2.05) is 50.6 Å². The summed E-state index contributed by atoms with van der Waals surface area (Å²) in [5, 5.41) is 8.57. The van der Waals surface area contributed by atoms with Crippen molar-refractivity contribution < 1.29 is 9.32 Å². The molecule has 3 aromatic heterocycles. The van der Waals surface area contributed by atoms with Crippen LogP contribution in [0.15, 0.2) is 34.3 Å². The number of hydrogen-bond donors (Lipinski definition) is 1. The fourth-order valence-electron chi connectivity index (χ4n) is 2.11. The van der Waals surface area contributed by atoms with E-state index in [-0.39, 0.29) is 11.6 Å². The van der Waals surface area contributed by atoms with E-state index in [0.29, 0.717) is 23.2 Å². The van der Waals surface area contributed by atoms with Gasteiger partial charge in [-0.15, -0.1) is 11.3 Å². The maximum atomic E-state index is 12.5. The predicted octanol–water partition coefficient (Wildman–Crippen LogP) is 2.58. The molecular formula is C16H18N6O2S. The third kappa shape index (κ3) is 3.61. The largest absolute Gasteiger partial charge is 0.361 e. The molecular weight excluding hydrogens is 340 g/mol. The number of rotatable bonds is 5. The van der Waals surface area contributed by atoms with E-state index in [1.54, 1.807) is 17.2 Å². The van der Waals surface area contributed by atoms with Crippen LogP contribution in [-0.2, 0) is 0 Å². The summed E-state index contributed by atoms with van der Waals surface area (Å²) in [6.07, 6.45) is 1.58. The molecule has 0 aliphatic rings. The Morgan fingerprint density at radius 1 is 1.24 bits per heavy atom. The number of anilines is 3. The van der Waals surface area contributed by atoms with Gasteiger partial charge in [-0.2, -0.15) is 4.98 Å². The highest BCUT2D eigenvalue weighted by atomic mass is 32.1. The fraction of sp³-hybridized carbons (Fsp3) is 0.250. The molecule has 3 aromatic rings. The molecule has 3 heterocycles. The number of aromatic nitrogens is 3. The Morgan fingerprint density at radius 2 is 2.04 bits per heavy atom. The average molecular weight is 358 g/mol. The molecule has 0 fully saturated rings. The first-order valence-corrected chi connectivity index (χ1v) is 8.37. The van der Waals surface area contributed by atoms with Crippen molar-refractivity contribution in [1.29, 1.82) is 0 Å². The molecule has 0 unspecified atom stereocenters. The molecule has 8 nitrogen and oxygen atoms in total. The van der Waals surface area contributed by atoms with E-state index < -0.39 is 0 Å². The van der Waals surface area contributed by atoms with Gasteiger partial charge >= 0.3 is 0 Å². The predicted molar refractivity (Wildman–Crippen MR) is 98.5 cm³/mol. The summed E-state index contributed by atoms with van der Waals surface area (Å²) in [6.45, 7) is 0. The Kier molecular flexibility index (Phi) is 4.66. The van der Waals surface area contributed by atoms with E-state index in [2.05, 4.69) is 20.4 Å². The van der Waals surface area contributed by atoms with Gasteiger partial charge in [0.25, 0.3) is 5.91 Å². The van der Waals surface area contributed by atoms with Crippen LogP contribution in [0.5, 0.6) is 0 Å². The number of carbonyl (C=O) groups is 1. The van der Waals surface area contributed by atoms with Gasteiger partial charge in [-0.05, 0) is 11.4 Å². The third-order valence-electron chi connectivity index (χ3n) is 3.33. The lowest BCUT2D eigenvalue weighted by molar-refractivity contribution is 0.101. The molecule has 0 atom stereocenters. The van der Waals surface area contributed by atoms with Crippen molar-refractivity contribution in [3.05, 3.63) is 35.5 Å². The number of amides is 1. The van der Waals surface area contributed by atoms with Crippen molar-refractivity contribution in [2.45, 2.75) is 0 Å². The van der Waals surface area contributed by atoms with Crippen LogP contribution in [0.2, 0.25) is 0 Å². The number of carbonyl (C=O) groups excluding carboxylic acids is 1. The van der Waals surface area contributed by atoms with Gasteiger partial charge in [0.15, 0.2) is 17.3 Å². The molecule has 0 saturated carbocycles. The topological polar surface area (TPSA) is 87.4 Å². The number of nitrogens with zero attached hydrogens (tertiary/aromatic N) is 5. The second kappa shape index (κ2) is 6.89. The number of nitrogens with one attached hydrogen (secondary N) is 1. The molecule has 0 aliphatic carbocycles. The van der Waals surface area contributed by atoms with Crippen LogP contribution < -0.4 is 15.1 Å². The van der Waals surface area contributed by atoms with Crippen LogP contribution in [-0.4, -0.2) is 49.2 Å². The summed E-state index contributed by atoms with van der Waals surface area (Å²) in [5.74, 6) is 1.35. The molecule has 0 saturated heterocycles. The van der Waals surface area contributed by atoms with Crippen molar-refractivity contribution in [2.75, 3.05) is 43.3 Å². The SMILES string of the molecule is CN(C)c1ncc(NC(=O)c2cc(-c3cccs3)on2)c(N(C)C)n1. The molecule has 1 amide bonds. The quantitative estimate of drug-likeness (QED) is 0.750. The Labute approximate surface area is 149 Å². The van der Waals surface area contributed by atoms with Crippen molar-refractivity contribution in [3.8, 4) is 10.6 Å². The molecule has 0 radical (unpaired) electrons. The Bertz CT molecular complexity index is 873. The third-order valence-corrected chi connectivity index (χ3v) is 4.22. The van der Waals surface area contributed by atoms with Crippen LogP contribution in [0.1, 0.15) is 10.5 Å². The summed E-state index contributed by atoms with van der Waals surface area (Å²) < 4.78 is 5.25. The Balaban J connectivity index is 1.83. The lowest BCUT2D eigenvalue weighted by Crippen LogP contribution is -2.21. The molecule has 0 aliphatic heterocycles. The summed E-state index contributed by atoms with van der Waals surface area (Å²) in [6, 6.07) is 5.44. The summed E-state index contributed by atoms with van der Waals surface area (Å²) in [7, 11) is 7.41. The van der Waals surface area contributed by atoms with E-state index >= 15 is 0 Å². The van der Waals surface area contributed by atoms with Gasteiger partial charge in [-0.3, -0.25) is 4.79 Å². The minimum atomic E-state index is -0.379. The van der Waals surface area contributed by atoms with E-state index in [0.717, 1.165) is 4.88 Å². The monoisotopic (exact) mass is 358 g/mol. The molecule has 9 heteroatoms. The van der Waals surface area contributed by atoms with Gasteiger partial charge in [0.1, 0.15) is 5.69 Å². The van der Waals surface area contributed by atoms with Gasteiger partial charge < -0.3 is 19.6 Å². The molecule has 25 heavy (non-hydrogen) atoms. The minimum Gasteiger partial charge on any atom is -0.361 e. The second-order valence-electron chi connectivity index (χ2n) is 5.70. The van der Waals surface area contributed by atoms with E-state index in [1.165, 1.54) is 11.3 Å². The van der Waals surface area contributed by atoms with Gasteiger partial charge in [-0.1, -0.05) is 11.2 Å². The van der Waals surface area contributed by atoms with Crippen molar-refractivity contribution >= 4 is 34.7 Å². The van der Waals surface area contributed by atoms with Crippen molar-refractivity contribution in [1.82, 2.24) is 15.1 Å². The molecule has 3 rings (SSSR count). The standard InChI is InChI=1S/C16H18N6O2S/c1-21(2)14-11(9-17-16(19-14)22(3)4)18-15(23)10-8-12(24-20-10)13-6-5-7-25-13/h5-9H,1-4H3,(H,18,23). The van der Waals surface area contributed by atoms with Crippen LogP contribution in [0.4, 0.5) is 17.5 Å². The van der Waals surface area contributed by atoms with Crippen LogP contribution >= 0.6 is 11.3 Å². The number of hydrogen-bond acceptors (Lipinski definition) is 8. The van der Waals surface area contributed by atoms with Crippen molar-refractivity contribution in [3.63, 3.8) is 0 Å². The van der Waals surface area contributed by atoms with Crippen LogP contribution in [0.3, 0.4) is 0 Å². The Morgan fingerprint density at radius 3 is 2.68 bits per heavy atom. The lowest BCUT2D eigenvalue weighted by atomic mass is 10.3. The summed E-state index contributed by atoms with van der Waals surface area (Å²) >= 11 is 1.52. The molecule has 130 valence electrons. The zero-order valence-electron chi connectivity index (χ0n) is 14.3. The van der Waals surface area contributed by atoms with Gasteiger partial charge in [0.2, 0.25) is 5.95 Å². The van der Waals surface area contributed by atoms with Crippen LogP contribution in [0.25, 0.3) is 10.6 Å². The first kappa shape index (κ1) is 16.9. The van der Waals surface area contributed by atoms with E-state index in [9.17, 15) is 4.79 Å². The lowest BCUT2D eigenvalue weighted by Gasteiger charge is -2.19. The summed E-state index contributed by atoms with van der Waals surface area (Å²) in [5.41, 5.74) is 0.700. The minimum absolute atomic E-state index is 0.199. The molecule has 0 bridgehead atoms. The average Bonchev–Trinajstić information content (AvgIpc) is 3.26. The number of thiophene rings is 1. The smallest absolute Gasteiger partial charge is 0.278 e. The molecule has 1 N–H and O–H groups in total. The Hall–Kier alpha value is -2.94. The molecule has 0 aromatic carbocycles. The van der Waals surface area contributed by atoms with Crippen molar-refractivity contribution in [2.24, 2.45) is 0 Å². The van der Waals surface area contributed by atoms with Crippen LogP contribution in [0, 0.1) is 0 Å². The zero-order chi connectivity index (χ0) is 18.0. The van der Waals surface area contributed by atoms with Gasteiger partial charge in [-0.25, -0.2) is 4.98 Å². The zero-order valence-corrected chi connectivity index (χ0v) is 15.2. The second-order valence-corrected chi connectivity index (χ2v) is 6.65. The van der Waals surface area contributed by atoms with Gasteiger partial charge in [0, 0.05) is 34.3 Å². The first-order valence-electron chi connectivity index (χ1n) is 7.49.